The Kier molecular flexibility index (Phi) is 0.651. The molecule has 44 valence electrons. The monoisotopic (exact) mass is 112 g/mol. The quantitative estimate of drug-likeness (QED) is 0.421. The van der Waals surface area contributed by atoms with Crippen LogP contribution in [0.2, 0.25) is 0 Å². The molecule has 2 aliphatic carbocycles. The highest BCUT2D eigenvalue weighted by molar-refractivity contribution is 5.30. The molecule has 0 aliphatic heterocycles. The first-order valence-electron chi connectivity index (χ1n) is 3.18. The van der Waals surface area contributed by atoms with E-state index in [1.807, 2.05) is 12.2 Å². The van der Waals surface area contributed by atoms with E-state index in [1.54, 1.807) is 0 Å². The van der Waals surface area contributed by atoms with Crippen LogP contribution in [-0.2, 0) is 0 Å². The molecular weight excluding hydrogens is 103 g/mol. The van der Waals surface area contributed by atoms with Crippen LogP contribution in [-0.4, -0.2) is 6.17 Å². The van der Waals surface area contributed by atoms with Crippen LogP contribution in [0.25, 0.3) is 0 Å². The third kappa shape index (κ3) is 0.396. The molecule has 0 aromatic heterocycles. The number of alkyl halides is 1. The summed E-state index contributed by atoms with van der Waals surface area (Å²) in [6, 6.07) is 0. The fraction of sp³-hybridized carbons (Fsp3) is 0.714. The lowest BCUT2D eigenvalue weighted by Crippen LogP contribution is -2.09. The molecule has 0 nitrogen and oxygen atoms in total. The third-order valence-electron chi connectivity index (χ3n) is 2.25. The summed E-state index contributed by atoms with van der Waals surface area (Å²) in [4.78, 5) is 0. The van der Waals surface area contributed by atoms with E-state index in [2.05, 4.69) is 0 Å². The summed E-state index contributed by atoms with van der Waals surface area (Å²) < 4.78 is 12.7. The summed E-state index contributed by atoms with van der Waals surface area (Å²) in [6.45, 7) is 0. The van der Waals surface area contributed by atoms with Gasteiger partial charge in [-0.25, -0.2) is 4.39 Å². The normalized spacial score (nSPS) is 38.9. The zero-order valence-electron chi connectivity index (χ0n) is 4.73. The fourth-order valence-corrected chi connectivity index (χ4v) is 1.50. The molecule has 0 amide bonds. The van der Waals surface area contributed by atoms with Gasteiger partial charge >= 0.3 is 0 Å². The van der Waals surface area contributed by atoms with Gasteiger partial charge in [0, 0.05) is 5.41 Å². The van der Waals surface area contributed by atoms with Crippen molar-refractivity contribution in [1.29, 1.82) is 0 Å². The molecule has 0 radical (unpaired) electrons. The maximum atomic E-state index is 12.7. The highest BCUT2D eigenvalue weighted by Gasteiger charge is 2.46. The Balaban J connectivity index is 2.14. The van der Waals surface area contributed by atoms with Crippen LogP contribution in [0, 0.1) is 5.41 Å². The summed E-state index contributed by atoms with van der Waals surface area (Å²) in [6.07, 6.45) is 6.40. The van der Waals surface area contributed by atoms with Crippen molar-refractivity contribution in [2.75, 3.05) is 0 Å². The van der Waals surface area contributed by atoms with E-state index in [0.29, 0.717) is 0 Å². The molecule has 1 saturated carbocycles. The van der Waals surface area contributed by atoms with Crippen molar-refractivity contribution in [3.63, 3.8) is 0 Å². The van der Waals surface area contributed by atoms with Gasteiger partial charge in [-0.15, -0.1) is 0 Å². The van der Waals surface area contributed by atoms with Crippen LogP contribution in [0.1, 0.15) is 19.3 Å². The lowest BCUT2D eigenvalue weighted by molar-refractivity contribution is 0.267. The van der Waals surface area contributed by atoms with Crippen molar-refractivity contribution in [3.8, 4) is 0 Å². The molecule has 1 spiro atoms. The van der Waals surface area contributed by atoms with E-state index in [4.69, 9.17) is 0 Å². The number of halogens is 1. The second kappa shape index (κ2) is 1.15. The van der Waals surface area contributed by atoms with Crippen molar-refractivity contribution < 1.29 is 4.39 Å². The van der Waals surface area contributed by atoms with Crippen LogP contribution < -0.4 is 0 Å². The predicted molar refractivity (Wildman–Crippen MR) is 30.3 cm³/mol. The molecule has 0 saturated heterocycles. The standard InChI is InChI=1S/C7H9F/c8-6-2-1-3-7(6)4-5-7/h4-6H,1-3H2. The van der Waals surface area contributed by atoms with Gasteiger partial charge in [0.1, 0.15) is 6.17 Å². The molecule has 2 aliphatic rings. The van der Waals surface area contributed by atoms with E-state index in [9.17, 15) is 4.39 Å². The van der Waals surface area contributed by atoms with Gasteiger partial charge in [-0.3, -0.25) is 0 Å². The van der Waals surface area contributed by atoms with E-state index >= 15 is 0 Å². The van der Waals surface area contributed by atoms with E-state index in [1.165, 1.54) is 0 Å². The van der Waals surface area contributed by atoms with Crippen LogP contribution in [0.15, 0.2) is 12.2 Å². The topological polar surface area (TPSA) is 0 Å². The number of hydrogen-bond acceptors (Lipinski definition) is 0. The minimum absolute atomic E-state index is 0.0139. The zero-order chi connectivity index (χ0) is 5.61. The molecule has 8 heavy (non-hydrogen) atoms. The minimum atomic E-state index is -0.539. The second-order valence-electron chi connectivity index (χ2n) is 2.81. The molecule has 1 fully saturated rings. The van der Waals surface area contributed by atoms with Crippen molar-refractivity contribution in [3.05, 3.63) is 12.2 Å². The van der Waals surface area contributed by atoms with Crippen LogP contribution in [0.5, 0.6) is 0 Å². The summed E-state index contributed by atoms with van der Waals surface area (Å²) in [7, 11) is 0. The van der Waals surface area contributed by atoms with Crippen molar-refractivity contribution in [1.82, 2.24) is 0 Å². The Hall–Kier alpha value is -0.330. The van der Waals surface area contributed by atoms with E-state index < -0.39 is 6.17 Å². The van der Waals surface area contributed by atoms with Crippen LogP contribution in [0.4, 0.5) is 4.39 Å². The van der Waals surface area contributed by atoms with Gasteiger partial charge in [-0.05, 0) is 19.3 Å². The highest BCUT2D eigenvalue weighted by atomic mass is 19.1. The lowest BCUT2D eigenvalue weighted by atomic mass is 10.0. The molecule has 1 unspecified atom stereocenters. The molecule has 0 bridgehead atoms. The van der Waals surface area contributed by atoms with Crippen molar-refractivity contribution >= 4 is 0 Å². The first-order valence-corrected chi connectivity index (χ1v) is 3.18. The first-order chi connectivity index (χ1) is 3.83. The molecule has 0 heterocycles. The Labute approximate surface area is 48.4 Å². The Bertz CT molecular complexity index is 131. The van der Waals surface area contributed by atoms with Crippen LogP contribution in [0.3, 0.4) is 0 Å². The van der Waals surface area contributed by atoms with Gasteiger partial charge < -0.3 is 0 Å². The fourth-order valence-electron chi connectivity index (χ4n) is 1.50. The van der Waals surface area contributed by atoms with Crippen molar-refractivity contribution in [2.24, 2.45) is 5.41 Å². The largest absolute Gasteiger partial charge is 0.246 e. The molecule has 1 heteroatoms. The maximum absolute atomic E-state index is 12.7. The zero-order valence-corrected chi connectivity index (χ0v) is 4.73. The molecule has 2 rings (SSSR count). The Morgan fingerprint density at radius 1 is 1.50 bits per heavy atom. The molecule has 1 atom stereocenters. The van der Waals surface area contributed by atoms with Crippen molar-refractivity contribution in [2.45, 2.75) is 25.4 Å². The minimum Gasteiger partial charge on any atom is -0.246 e. The average molecular weight is 112 g/mol. The Morgan fingerprint density at radius 2 is 2.25 bits per heavy atom. The maximum Gasteiger partial charge on any atom is 0.113 e. The molecule has 0 aromatic rings. The molecular formula is C7H9F. The smallest absolute Gasteiger partial charge is 0.113 e. The summed E-state index contributed by atoms with van der Waals surface area (Å²) in [5.74, 6) is 0. The summed E-state index contributed by atoms with van der Waals surface area (Å²) in [5, 5.41) is 0. The summed E-state index contributed by atoms with van der Waals surface area (Å²) >= 11 is 0. The average Bonchev–Trinajstić information content (AvgIpc) is 2.39. The van der Waals surface area contributed by atoms with Gasteiger partial charge in [-0.1, -0.05) is 12.2 Å². The van der Waals surface area contributed by atoms with E-state index in [-0.39, 0.29) is 5.41 Å². The second-order valence-corrected chi connectivity index (χ2v) is 2.81. The first kappa shape index (κ1) is 4.54. The lowest BCUT2D eigenvalue weighted by Gasteiger charge is -2.07. The predicted octanol–water partition coefficient (Wildman–Crippen LogP) is 2.06. The SMILES string of the molecule is FC1CCCC12C=C2. The molecule has 0 N–H and O–H groups in total. The van der Waals surface area contributed by atoms with Crippen LogP contribution >= 0.6 is 0 Å². The number of hydrogen-bond donors (Lipinski definition) is 0. The van der Waals surface area contributed by atoms with Gasteiger partial charge in [0.05, 0.1) is 0 Å². The number of allylic oxidation sites excluding steroid dienone is 2. The van der Waals surface area contributed by atoms with Gasteiger partial charge in [0.2, 0.25) is 0 Å². The van der Waals surface area contributed by atoms with Gasteiger partial charge in [0.25, 0.3) is 0 Å². The van der Waals surface area contributed by atoms with Gasteiger partial charge in [0.15, 0.2) is 0 Å². The number of rotatable bonds is 0. The van der Waals surface area contributed by atoms with E-state index in [0.717, 1.165) is 19.3 Å². The summed E-state index contributed by atoms with van der Waals surface area (Å²) in [5.41, 5.74) is -0.0139. The Morgan fingerprint density at radius 3 is 2.50 bits per heavy atom. The van der Waals surface area contributed by atoms with Gasteiger partial charge in [-0.2, -0.15) is 0 Å². The highest BCUT2D eigenvalue weighted by Crippen LogP contribution is 2.51. The molecule has 0 aromatic carbocycles. The third-order valence-corrected chi connectivity index (χ3v) is 2.25.